The second-order valence-electron chi connectivity index (χ2n) is 4.06. The summed E-state index contributed by atoms with van der Waals surface area (Å²) < 4.78 is 44.3. The molecular formula is C14H11ClF3NO. The smallest absolute Gasteiger partial charge is 0.161 e. The van der Waals surface area contributed by atoms with Crippen LogP contribution in [0.3, 0.4) is 0 Å². The molecule has 0 unspecified atom stereocenters. The number of hydrogen-bond donors (Lipinski definition) is 1. The first kappa shape index (κ1) is 14.5. The van der Waals surface area contributed by atoms with E-state index < -0.39 is 17.5 Å². The normalized spacial score (nSPS) is 10.4. The molecule has 6 heteroatoms. The van der Waals surface area contributed by atoms with E-state index >= 15 is 0 Å². The van der Waals surface area contributed by atoms with Crippen LogP contribution in [-0.2, 0) is 6.54 Å². The lowest BCUT2D eigenvalue weighted by atomic mass is 10.2. The van der Waals surface area contributed by atoms with Gasteiger partial charge in [0.25, 0.3) is 0 Å². The monoisotopic (exact) mass is 301 g/mol. The van der Waals surface area contributed by atoms with Crippen molar-refractivity contribution in [2.75, 3.05) is 12.4 Å². The SMILES string of the molecule is COc1ccc(NCc2cc(F)c(F)cc2F)cc1Cl. The van der Waals surface area contributed by atoms with Gasteiger partial charge in [0.15, 0.2) is 11.6 Å². The molecule has 0 fully saturated rings. The largest absolute Gasteiger partial charge is 0.495 e. The van der Waals surface area contributed by atoms with Crippen LogP contribution >= 0.6 is 11.6 Å². The molecule has 2 nitrogen and oxygen atoms in total. The van der Waals surface area contributed by atoms with E-state index in [1.807, 2.05) is 0 Å². The van der Waals surface area contributed by atoms with Crippen molar-refractivity contribution >= 4 is 17.3 Å². The molecule has 0 saturated carbocycles. The molecule has 0 atom stereocenters. The van der Waals surface area contributed by atoms with Crippen LogP contribution in [0, 0.1) is 17.5 Å². The Balaban J connectivity index is 2.13. The predicted molar refractivity (Wildman–Crippen MR) is 71.6 cm³/mol. The zero-order valence-corrected chi connectivity index (χ0v) is 11.3. The number of ether oxygens (including phenoxy) is 1. The van der Waals surface area contributed by atoms with Gasteiger partial charge in [0, 0.05) is 23.9 Å². The number of rotatable bonds is 4. The molecule has 0 heterocycles. The summed E-state index contributed by atoms with van der Waals surface area (Å²) in [5.74, 6) is -2.60. The van der Waals surface area contributed by atoms with E-state index in [0.29, 0.717) is 22.5 Å². The minimum Gasteiger partial charge on any atom is -0.495 e. The summed E-state index contributed by atoms with van der Waals surface area (Å²) in [6.45, 7) is 0.00565. The van der Waals surface area contributed by atoms with Gasteiger partial charge in [-0.3, -0.25) is 0 Å². The Morgan fingerprint density at radius 2 is 1.75 bits per heavy atom. The predicted octanol–water partition coefficient (Wildman–Crippen LogP) is 4.38. The molecule has 2 aromatic carbocycles. The van der Waals surface area contributed by atoms with Crippen molar-refractivity contribution in [3.8, 4) is 5.75 Å². The second kappa shape index (κ2) is 6.05. The summed E-state index contributed by atoms with van der Waals surface area (Å²) in [5, 5.41) is 3.26. The molecule has 0 aliphatic rings. The fourth-order valence-electron chi connectivity index (χ4n) is 1.67. The molecule has 0 aromatic heterocycles. The molecule has 20 heavy (non-hydrogen) atoms. The summed E-state index contributed by atoms with van der Waals surface area (Å²) in [6, 6.07) is 6.27. The lowest BCUT2D eigenvalue weighted by molar-refractivity contribution is 0.415. The maximum atomic E-state index is 13.4. The fraction of sp³-hybridized carbons (Fsp3) is 0.143. The van der Waals surface area contributed by atoms with Crippen LogP contribution in [0.2, 0.25) is 5.02 Å². The van der Waals surface area contributed by atoms with Crippen LogP contribution in [0.15, 0.2) is 30.3 Å². The van der Waals surface area contributed by atoms with Crippen LogP contribution in [0.1, 0.15) is 5.56 Å². The van der Waals surface area contributed by atoms with Gasteiger partial charge < -0.3 is 10.1 Å². The molecule has 0 amide bonds. The van der Waals surface area contributed by atoms with Crippen molar-refractivity contribution in [2.24, 2.45) is 0 Å². The zero-order valence-electron chi connectivity index (χ0n) is 10.5. The van der Waals surface area contributed by atoms with Gasteiger partial charge in [-0.05, 0) is 24.3 Å². The van der Waals surface area contributed by atoms with Crippen LogP contribution in [0.4, 0.5) is 18.9 Å². The Morgan fingerprint density at radius 1 is 1.05 bits per heavy atom. The number of anilines is 1. The minimum absolute atomic E-state index is 0.00565. The van der Waals surface area contributed by atoms with Crippen LogP contribution in [-0.4, -0.2) is 7.11 Å². The Labute approximate surface area is 119 Å². The molecule has 0 radical (unpaired) electrons. The van der Waals surface area contributed by atoms with E-state index in [9.17, 15) is 13.2 Å². The first-order chi connectivity index (χ1) is 9.51. The van der Waals surface area contributed by atoms with Crippen molar-refractivity contribution in [3.05, 3.63) is 58.4 Å². The van der Waals surface area contributed by atoms with Gasteiger partial charge in [-0.1, -0.05) is 11.6 Å². The van der Waals surface area contributed by atoms with E-state index in [1.165, 1.54) is 7.11 Å². The first-order valence-corrected chi connectivity index (χ1v) is 6.10. The van der Waals surface area contributed by atoms with E-state index in [0.717, 1.165) is 6.07 Å². The molecule has 0 saturated heterocycles. The lowest BCUT2D eigenvalue weighted by Crippen LogP contribution is -2.03. The Bertz CT molecular complexity index is 634. The molecule has 2 aromatic rings. The van der Waals surface area contributed by atoms with Crippen molar-refractivity contribution in [2.45, 2.75) is 6.54 Å². The fourth-order valence-corrected chi connectivity index (χ4v) is 1.93. The molecule has 0 aliphatic carbocycles. The quantitative estimate of drug-likeness (QED) is 0.846. The highest BCUT2D eigenvalue weighted by Crippen LogP contribution is 2.27. The summed E-state index contributed by atoms with van der Waals surface area (Å²) in [7, 11) is 1.49. The van der Waals surface area contributed by atoms with Crippen molar-refractivity contribution in [3.63, 3.8) is 0 Å². The summed E-state index contributed by atoms with van der Waals surface area (Å²) in [4.78, 5) is 0. The maximum absolute atomic E-state index is 13.4. The van der Waals surface area contributed by atoms with Crippen LogP contribution < -0.4 is 10.1 Å². The molecular weight excluding hydrogens is 291 g/mol. The van der Waals surface area contributed by atoms with Gasteiger partial charge in [0.05, 0.1) is 12.1 Å². The van der Waals surface area contributed by atoms with Crippen molar-refractivity contribution in [1.82, 2.24) is 0 Å². The number of halogens is 4. The Hall–Kier alpha value is -1.88. The number of methoxy groups -OCH3 is 1. The molecule has 0 spiro atoms. The third-order valence-electron chi connectivity index (χ3n) is 2.72. The van der Waals surface area contributed by atoms with E-state index in [2.05, 4.69) is 5.32 Å². The highest BCUT2D eigenvalue weighted by molar-refractivity contribution is 6.32. The first-order valence-electron chi connectivity index (χ1n) is 5.72. The number of nitrogens with one attached hydrogen (secondary N) is 1. The Morgan fingerprint density at radius 3 is 2.40 bits per heavy atom. The van der Waals surface area contributed by atoms with E-state index in [4.69, 9.17) is 16.3 Å². The third-order valence-corrected chi connectivity index (χ3v) is 3.02. The second-order valence-corrected chi connectivity index (χ2v) is 4.47. The summed E-state index contributed by atoms with van der Waals surface area (Å²) >= 11 is 5.94. The van der Waals surface area contributed by atoms with E-state index in [-0.39, 0.29) is 12.1 Å². The molecule has 106 valence electrons. The average molecular weight is 302 g/mol. The molecule has 0 aliphatic heterocycles. The lowest BCUT2D eigenvalue weighted by Gasteiger charge is -2.10. The average Bonchev–Trinajstić information content (AvgIpc) is 2.41. The van der Waals surface area contributed by atoms with Gasteiger partial charge >= 0.3 is 0 Å². The van der Waals surface area contributed by atoms with Crippen LogP contribution in [0.5, 0.6) is 5.75 Å². The van der Waals surface area contributed by atoms with Gasteiger partial charge in [-0.2, -0.15) is 0 Å². The van der Waals surface area contributed by atoms with Gasteiger partial charge in [0.2, 0.25) is 0 Å². The zero-order chi connectivity index (χ0) is 14.7. The van der Waals surface area contributed by atoms with Gasteiger partial charge in [0.1, 0.15) is 11.6 Å². The highest BCUT2D eigenvalue weighted by Gasteiger charge is 2.10. The molecule has 0 bridgehead atoms. The summed E-state index contributed by atoms with van der Waals surface area (Å²) in [6.07, 6.45) is 0. The van der Waals surface area contributed by atoms with Gasteiger partial charge in [-0.15, -0.1) is 0 Å². The molecule has 2 rings (SSSR count). The summed E-state index contributed by atoms with van der Waals surface area (Å²) in [5.41, 5.74) is 0.635. The molecule has 1 N–H and O–H groups in total. The van der Waals surface area contributed by atoms with E-state index in [1.54, 1.807) is 18.2 Å². The number of benzene rings is 2. The third kappa shape index (κ3) is 3.17. The Kier molecular flexibility index (Phi) is 4.39. The highest BCUT2D eigenvalue weighted by atomic mass is 35.5. The van der Waals surface area contributed by atoms with Crippen molar-refractivity contribution < 1.29 is 17.9 Å². The minimum atomic E-state index is -1.21. The van der Waals surface area contributed by atoms with Crippen molar-refractivity contribution in [1.29, 1.82) is 0 Å². The maximum Gasteiger partial charge on any atom is 0.161 e. The van der Waals surface area contributed by atoms with Gasteiger partial charge in [-0.25, -0.2) is 13.2 Å². The van der Waals surface area contributed by atoms with Crippen LogP contribution in [0.25, 0.3) is 0 Å². The number of hydrogen-bond acceptors (Lipinski definition) is 2. The standard InChI is InChI=1S/C14H11ClF3NO/c1-20-14-3-2-9(5-10(14)15)19-7-8-4-12(17)13(18)6-11(8)16/h2-6,19H,7H2,1H3. The topological polar surface area (TPSA) is 21.3 Å².